The third kappa shape index (κ3) is 4.50. The Balaban J connectivity index is 0.00000150. The third-order valence-corrected chi connectivity index (χ3v) is 6.06. The number of hydrogen-bond donors (Lipinski definition) is 0. The predicted molar refractivity (Wildman–Crippen MR) is 119 cm³/mol. The van der Waals surface area contributed by atoms with Gasteiger partial charge in [0.1, 0.15) is 5.58 Å². The minimum absolute atomic E-state index is 0. The highest BCUT2D eigenvalue weighted by molar-refractivity contribution is 5.86. The Labute approximate surface area is 183 Å². The first-order valence-electron chi connectivity index (χ1n) is 9.81. The van der Waals surface area contributed by atoms with E-state index in [4.69, 9.17) is 13.9 Å². The molecule has 29 heavy (non-hydrogen) atoms. The summed E-state index contributed by atoms with van der Waals surface area (Å²) in [6.07, 6.45) is 3.38. The summed E-state index contributed by atoms with van der Waals surface area (Å²) in [4.78, 5) is 17.6. The highest BCUT2D eigenvalue weighted by Gasteiger charge is 2.29. The fraction of sp³-hybridized carbons (Fsp3) is 0.571. The van der Waals surface area contributed by atoms with Crippen LogP contribution in [0.3, 0.4) is 0 Å². The minimum atomic E-state index is -0.229. The maximum absolute atomic E-state index is 12.7. The molecule has 0 N–H and O–H groups in total. The first-order valence-corrected chi connectivity index (χ1v) is 9.81. The van der Waals surface area contributed by atoms with Crippen LogP contribution in [0.2, 0.25) is 0 Å². The van der Waals surface area contributed by atoms with Gasteiger partial charge < -0.3 is 13.9 Å². The van der Waals surface area contributed by atoms with Crippen LogP contribution in [0.5, 0.6) is 11.5 Å². The molecule has 0 saturated carbocycles. The molecular weight excluding hydrogens is 415 g/mol. The molecule has 0 radical (unpaired) electrons. The number of benzene rings is 1. The van der Waals surface area contributed by atoms with Crippen molar-refractivity contribution in [1.29, 1.82) is 0 Å². The van der Waals surface area contributed by atoms with Gasteiger partial charge in [0.2, 0.25) is 0 Å². The van der Waals surface area contributed by atoms with E-state index in [1.165, 1.54) is 19.4 Å². The molecule has 0 aliphatic carbocycles. The number of nitrogens with zero attached hydrogens (tertiary/aromatic N) is 2. The quantitative estimate of drug-likeness (QED) is 0.657. The molecular formula is C21H30Cl2N2O4. The van der Waals surface area contributed by atoms with Gasteiger partial charge in [0.15, 0.2) is 11.5 Å². The zero-order chi connectivity index (χ0) is 19.0. The van der Waals surface area contributed by atoms with Crippen molar-refractivity contribution >= 4 is 35.8 Å². The standard InChI is InChI=1S/C21H28N2O4.2ClH/c1-4-23-8-5-6-14(23)12-22-9-7-15-16-10-19(25-2)20(26-3)11-18(16)27-21(24)17(15)13-22;;/h10-11,14H,4-9,12-13H2,1-3H3;2*1H. The molecule has 3 heterocycles. The molecule has 162 valence electrons. The Morgan fingerprint density at radius 3 is 2.52 bits per heavy atom. The van der Waals surface area contributed by atoms with E-state index < -0.39 is 0 Å². The number of likely N-dealkylation sites (tertiary alicyclic amines) is 1. The van der Waals surface area contributed by atoms with E-state index in [1.54, 1.807) is 20.3 Å². The molecule has 1 aromatic heterocycles. The molecule has 8 heteroatoms. The van der Waals surface area contributed by atoms with Crippen LogP contribution in [0.4, 0.5) is 0 Å². The number of fused-ring (bicyclic) bond motifs is 3. The lowest BCUT2D eigenvalue weighted by Crippen LogP contribution is -2.43. The summed E-state index contributed by atoms with van der Waals surface area (Å²) in [6, 6.07) is 4.29. The molecule has 2 aromatic rings. The summed E-state index contributed by atoms with van der Waals surface area (Å²) in [6.45, 7) is 7.18. The van der Waals surface area contributed by atoms with E-state index in [2.05, 4.69) is 16.7 Å². The van der Waals surface area contributed by atoms with Gasteiger partial charge in [-0.15, -0.1) is 24.8 Å². The summed E-state index contributed by atoms with van der Waals surface area (Å²) < 4.78 is 16.4. The van der Waals surface area contributed by atoms with Crippen LogP contribution < -0.4 is 15.1 Å². The Hall–Kier alpha value is -1.47. The van der Waals surface area contributed by atoms with E-state index >= 15 is 0 Å². The van der Waals surface area contributed by atoms with Gasteiger partial charge in [0.05, 0.1) is 19.8 Å². The van der Waals surface area contributed by atoms with Crippen molar-refractivity contribution < 1.29 is 13.9 Å². The molecule has 1 saturated heterocycles. The van der Waals surface area contributed by atoms with E-state index in [9.17, 15) is 4.79 Å². The SMILES string of the molecule is CCN1CCCC1CN1CCc2c(c(=O)oc3cc(OC)c(OC)cc23)C1.Cl.Cl. The molecule has 1 fully saturated rings. The summed E-state index contributed by atoms with van der Waals surface area (Å²) in [5, 5.41) is 0.956. The van der Waals surface area contributed by atoms with Crippen LogP contribution >= 0.6 is 24.8 Å². The van der Waals surface area contributed by atoms with E-state index in [0.29, 0.717) is 29.7 Å². The highest BCUT2D eigenvalue weighted by atomic mass is 35.5. The Kier molecular flexibility index (Phi) is 8.23. The van der Waals surface area contributed by atoms with Gasteiger partial charge in [-0.1, -0.05) is 6.92 Å². The van der Waals surface area contributed by atoms with Crippen LogP contribution in [-0.2, 0) is 13.0 Å². The predicted octanol–water partition coefficient (Wildman–Crippen LogP) is 3.50. The Morgan fingerprint density at radius 2 is 1.83 bits per heavy atom. The summed E-state index contributed by atoms with van der Waals surface area (Å²) in [5.74, 6) is 1.24. The maximum Gasteiger partial charge on any atom is 0.341 e. The van der Waals surface area contributed by atoms with E-state index in [-0.39, 0.29) is 30.4 Å². The number of likely N-dealkylation sites (N-methyl/N-ethyl adjacent to an activating group) is 1. The highest BCUT2D eigenvalue weighted by Crippen LogP contribution is 2.35. The second-order valence-corrected chi connectivity index (χ2v) is 7.46. The smallest absolute Gasteiger partial charge is 0.341 e. The molecule has 1 unspecified atom stereocenters. The van der Waals surface area contributed by atoms with Crippen molar-refractivity contribution in [2.24, 2.45) is 0 Å². The van der Waals surface area contributed by atoms with Crippen molar-refractivity contribution in [3.63, 3.8) is 0 Å². The van der Waals surface area contributed by atoms with Gasteiger partial charge >= 0.3 is 5.63 Å². The van der Waals surface area contributed by atoms with Gasteiger partial charge in [0, 0.05) is 37.1 Å². The lowest BCUT2D eigenvalue weighted by Gasteiger charge is -2.33. The maximum atomic E-state index is 12.7. The second kappa shape index (κ2) is 10.0. The van der Waals surface area contributed by atoms with Crippen LogP contribution in [-0.4, -0.2) is 56.2 Å². The first kappa shape index (κ1) is 23.8. The molecule has 0 spiro atoms. The first-order chi connectivity index (χ1) is 13.1. The lowest BCUT2D eigenvalue weighted by molar-refractivity contribution is 0.165. The van der Waals surface area contributed by atoms with Gasteiger partial charge in [-0.05, 0) is 44.0 Å². The van der Waals surface area contributed by atoms with Gasteiger partial charge in [-0.25, -0.2) is 4.79 Å². The van der Waals surface area contributed by atoms with Crippen LogP contribution in [0.25, 0.3) is 11.0 Å². The molecule has 1 aromatic carbocycles. The van der Waals surface area contributed by atoms with E-state index in [1.807, 2.05) is 6.07 Å². The van der Waals surface area contributed by atoms with Crippen molar-refractivity contribution in [3.05, 3.63) is 33.7 Å². The number of methoxy groups -OCH3 is 2. The lowest BCUT2D eigenvalue weighted by atomic mass is 9.96. The normalized spacial score (nSPS) is 19.3. The topological polar surface area (TPSA) is 55.2 Å². The minimum Gasteiger partial charge on any atom is -0.493 e. The Morgan fingerprint density at radius 1 is 1.10 bits per heavy atom. The van der Waals surface area contributed by atoms with Gasteiger partial charge in [-0.2, -0.15) is 0 Å². The van der Waals surface area contributed by atoms with Crippen molar-refractivity contribution in [2.75, 3.05) is 40.4 Å². The zero-order valence-electron chi connectivity index (χ0n) is 17.2. The number of ether oxygens (including phenoxy) is 2. The fourth-order valence-corrected chi connectivity index (χ4v) is 4.62. The number of rotatable bonds is 5. The fourth-order valence-electron chi connectivity index (χ4n) is 4.62. The van der Waals surface area contributed by atoms with Crippen LogP contribution in [0.15, 0.2) is 21.3 Å². The summed E-state index contributed by atoms with van der Waals surface area (Å²) in [5.41, 5.74) is 2.23. The molecule has 2 aliphatic heterocycles. The molecule has 0 amide bonds. The molecule has 1 atom stereocenters. The van der Waals surface area contributed by atoms with Crippen LogP contribution in [0, 0.1) is 0 Å². The molecule has 2 aliphatic rings. The third-order valence-electron chi connectivity index (χ3n) is 6.06. The average molecular weight is 445 g/mol. The van der Waals surface area contributed by atoms with Crippen molar-refractivity contribution in [1.82, 2.24) is 9.80 Å². The monoisotopic (exact) mass is 444 g/mol. The van der Waals surface area contributed by atoms with Crippen molar-refractivity contribution in [3.8, 4) is 11.5 Å². The second-order valence-electron chi connectivity index (χ2n) is 7.46. The number of hydrogen-bond acceptors (Lipinski definition) is 6. The summed E-state index contributed by atoms with van der Waals surface area (Å²) >= 11 is 0. The van der Waals surface area contributed by atoms with Crippen molar-refractivity contribution in [2.45, 2.75) is 38.8 Å². The number of halogens is 2. The molecule has 0 bridgehead atoms. The molecule has 4 rings (SSSR count). The average Bonchev–Trinajstić information content (AvgIpc) is 3.14. The largest absolute Gasteiger partial charge is 0.493 e. The zero-order valence-corrected chi connectivity index (χ0v) is 18.9. The molecule has 6 nitrogen and oxygen atoms in total. The van der Waals surface area contributed by atoms with Gasteiger partial charge in [-0.3, -0.25) is 9.80 Å². The van der Waals surface area contributed by atoms with Gasteiger partial charge in [0.25, 0.3) is 0 Å². The van der Waals surface area contributed by atoms with E-state index in [0.717, 1.165) is 42.6 Å². The Bertz CT molecular complexity index is 902. The summed E-state index contributed by atoms with van der Waals surface area (Å²) in [7, 11) is 3.21. The van der Waals surface area contributed by atoms with Crippen LogP contribution in [0.1, 0.15) is 30.9 Å².